The number of carbonyl (C=O) groups is 1. The number of hydrogen-bond acceptors (Lipinski definition) is 6. The van der Waals surface area contributed by atoms with Crippen LogP contribution in [0.25, 0.3) is 11.4 Å². The Morgan fingerprint density at radius 2 is 2.15 bits per heavy atom. The van der Waals surface area contributed by atoms with Gasteiger partial charge in [-0.15, -0.1) is 0 Å². The number of nitrogens with one attached hydrogen (secondary N) is 1. The van der Waals surface area contributed by atoms with E-state index in [0.717, 1.165) is 5.56 Å². The molecule has 106 valence electrons. The van der Waals surface area contributed by atoms with E-state index < -0.39 is 0 Å². The molecule has 0 spiro atoms. The maximum absolute atomic E-state index is 11.1. The third-order valence-corrected chi connectivity index (χ3v) is 2.59. The lowest BCUT2D eigenvalue weighted by atomic mass is 10.2. The minimum absolute atomic E-state index is 0.212. The molecule has 2 rings (SSSR count). The third-order valence-electron chi connectivity index (χ3n) is 2.59. The number of rotatable bonds is 7. The van der Waals surface area contributed by atoms with Crippen LogP contribution in [0.5, 0.6) is 0 Å². The number of hydrogen-bond donors (Lipinski definition) is 1. The van der Waals surface area contributed by atoms with E-state index in [1.165, 1.54) is 0 Å². The van der Waals surface area contributed by atoms with Gasteiger partial charge in [0.05, 0.1) is 19.6 Å². The molecule has 6 heteroatoms. The van der Waals surface area contributed by atoms with E-state index in [-0.39, 0.29) is 5.97 Å². The molecule has 2 aromatic rings. The van der Waals surface area contributed by atoms with Crippen molar-refractivity contribution in [2.75, 3.05) is 13.2 Å². The smallest absolute Gasteiger partial charge is 0.307 e. The molecule has 0 fully saturated rings. The van der Waals surface area contributed by atoms with Crippen molar-refractivity contribution in [2.24, 2.45) is 0 Å². The van der Waals surface area contributed by atoms with Crippen molar-refractivity contribution in [3.8, 4) is 11.4 Å². The molecule has 0 radical (unpaired) electrons. The van der Waals surface area contributed by atoms with Crippen molar-refractivity contribution in [1.82, 2.24) is 15.5 Å². The normalized spacial score (nSPS) is 10.4. The van der Waals surface area contributed by atoms with Crippen LogP contribution >= 0.6 is 0 Å². The molecule has 0 atom stereocenters. The Hall–Kier alpha value is -2.21. The lowest BCUT2D eigenvalue weighted by Gasteiger charge is -2.01. The zero-order valence-corrected chi connectivity index (χ0v) is 11.3. The van der Waals surface area contributed by atoms with E-state index in [9.17, 15) is 4.79 Å². The van der Waals surface area contributed by atoms with Gasteiger partial charge in [-0.25, -0.2) is 0 Å². The van der Waals surface area contributed by atoms with Gasteiger partial charge in [0.1, 0.15) is 0 Å². The molecule has 0 saturated heterocycles. The van der Waals surface area contributed by atoms with Gasteiger partial charge in [0.15, 0.2) is 0 Å². The molecule has 0 amide bonds. The minimum Gasteiger partial charge on any atom is -0.466 e. The second-order valence-electron chi connectivity index (χ2n) is 4.11. The highest BCUT2D eigenvalue weighted by Crippen LogP contribution is 2.14. The van der Waals surface area contributed by atoms with E-state index in [2.05, 4.69) is 15.5 Å². The molecule has 0 saturated carbocycles. The van der Waals surface area contributed by atoms with Crippen LogP contribution in [-0.2, 0) is 16.1 Å². The number of carbonyl (C=O) groups excluding carboxylic acids is 1. The van der Waals surface area contributed by atoms with Crippen LogP contribution in [0.1, 0.15) is 19.2 Å². The van der Waals surface area contributed by atoms with Crippen molar-refractivity contribution >= 4 is 5.97 Å². The fourth-order valence-electron chi connectivity index (χ4n) is 1.65. The van der Waals surface area contributed by atoms with Crippen molar-refractivity contribution in [3.63, 3.8) is 0 Å². The molecule has 0 aliphatic heterocycles. The predicted molar refractivity (Wildman–Crippen MR) is 72.7 cm³/mol. The zero-order valence-electron chi connectivity index (χ0n) is 11.3. The number of ether oxygens (including phenoxy) is 1. The summed E-state index contributed by atoms with van der Waals surface area (Å²) in [7, 11) is 0. The summed E-state index contributed by atoms with van der Waals surface area (Å²) in [5.41, 5.74) is 0.911. The quantitative estimate of drug-likeness (QED) is 0.613. The summed E-state index contributed by atoms with van der Waals surface area (Å²) in [5, 5.41) is 6.97. The van der Waals surface area contributed by atoms with Crippen LogP contribution in [-0.4, -0.2) is 29.3 Å². The molecule has 0 bridgehead atoms. The summed E-state index contributed by atoms with van der Waals surface area (Å²) in [6.45, 7) is 3.14. The Balaban J connectivity index is 1.78. The summed E-state index contributed by atoms with van der Waals surface area (Å²) < 4.78 is 9.96. The Labute approximate surface area is 117 Å². The monoisotopic (exact) mass is 275 g/mol. The lowest BCUT2D eigenvalue weighted by molar-refractivity contribution is -0.142. The Kier molecular flexibility index (Phi) is 5.25. The first-order valence-corrected chi connectivity index (χ1v) is 6.54. The molecule has 1 aromatic heterocycles. The predicted octanol–water partition coefficient (Wildman–Crippen LogP) is 1.78. The van der Waals surface area contributed by atoms with Crippen LogP contribution < -0.4 is 5.32 Å². The first-order valence-electron chi connectivity index (χ1n) is 6.54. The maximum atomic E-state index is 11.1. The second-order valence-corrected chi connectivity index (χ2v) is 4.11. The molecule has 0 unspecified atom stereocenters. The molecule has 0 aliphatic rings. The Bertz CT molecular complexity index is 540. The fraction of sp³-hybridized carbons (Fsp3) is 0.357. The Morgan fingerprint density at radius 3 is 2.90 bits per heavy atom. The van der Waals surface area contributed by atoms with E-state index in [1.807, 2.05) is 30.3 Å². The average Bonchev–Trinajstić information content (AvgIpc) is 2.94. The maximum Gasteiger partial charge on any atom is 0.307 e. The van der Waals surface area contributed by atoms with E-state index in [1.54, 1.807) is 6.92 Å². The summed E-state index contributed by atoms with van der Waals surface area (Å²) in [6.07, 6.45) is 0.327. The van der Waals surface area contributed by atoms with E-state index in [4.69, 9.17) is 9.26 Å². The van der Waals surface area contributed by atoms with Gasteiger partial charge in [-0.05, 0) is 6.92 Å². The van der Waals surface area contributed by atoms with Gasteiger partial charge in [0.2, 0.25) is 11.7 Å². The van der Waals surface area contributed by atoms with Gasteiger partial charge in [-0.1, -0.05) is 35.5 Å². The summed E-state index contributed by atoms with van der Waals surface area (Å²) in [4.78, 5) is 15.4. The summed E-state index contributed by atoms with van der Waals surface area (Å²) in [6, 6.07) is 9.61. The van der Waals surface area contributed by atoms with Crippen molar-refractivity contribution in [1.29, 1.82) is 0 Å². The van der Waals surface area contributed by atoms with Gasteiger partial charge in [-0.3, -0.25) is 4.79 Å². The molecule has 1 N–H and O–H groups in total. The topological polar surface area (TPSA) is 77.2 Å². The van der Waals surface area contributed by atoms with E-state index in [0.29, 0.717) is 37.8 Å². The molecule has 20 heavy (non-hydrogen) atoms. The molecule has 6 nitrogen and oxygen atoms in total. The first kappa shape index (κ1) is 14.2. The third kappa shape index (κ3) is 4.17. The molecular weight excluding hydrogens is 258 g/mol. The van der Waals surface area contributed by atoms with Crippen molar-refractivity contribution in [2.45, 2.75) is 19.9 Å². The molecule has 0 aliphatic carbocycles. The van der Waals surface area contributed by atoms with E-state index >= 15 is 0 Å². The van der Waals surface area contributed by atoms with Crippen LogP contribution in [0.4, 0.5) is 0 Å². The van der Waals surface area contributed by atoms with Crippen LogP contribution in [0.15, 0.2) is 34.9 Å². The fourth-order valence-corrected chi connectivity index (χ4v) is 1.65. The van der Waals surface area contributed by atoms with Crippen molar-refractivity contribution in [3.05, 3.63) is 36.2 Å². The zero-order chi connectivity index (χ0) is 14.2. The summed E-state index contributed by atoms with van der Waals surface area (Å²) >= 11 is 0. The van der Waals surface area contributed by atoms with Crippen LogP contribution in [0, 0.1) is 0 Å². The number of esters is 1. The molecule has 1 heterocycles. The highest BCUT2D eigenvalue weighted by atomic mass is 16.5. The first-order chi connectivity index (χ1) is 9.79. The van der Waals surface area contributed by atoms with Gasteiger partial charge in [0.25, 0.3) is 0 Å². The molecular formula is C14H17N3O3. The standard InChI is InChI=1S/C14H17N3O3/c1-2-19-13(18)8-9-15-10-12-16-14(17-20-12)11-6-4-3-5-7-11/h3-7,15H,2,8-10H2,1H3. The van der Waals surface area contributed by atoms with Gasteiger partial charge < -0.3 is 14.6 Å². The SMILES string of the molecule is CCOC(=O)CCNCc1nc(-c2ccccc2)no1. The van der Waals surface area contributed by atoms with Gasteiger partial charge >= 0.3 is 5.97 Å². The largest absolute Gasteiger partial charge is 0.466 e. The van der Waals surface area contributed by atoms with Gasteiger partial charge in [0, 0.05) is 12.1 Å². The highest BCUT2D eigenvalue weighted by Gasteiger charge is 2.08. The van der Waals surface area contributed by atoms with Gasteiger partial charge in [-0.2, -0.15) is 4.98 Å². The Morgan fingerprint density at radius 1 is 1.35 bits per heavy atom. The van der Waals surface area contributed by atoms with Crippen LogP contribution in [0.2, 0.25) is 0 Å². The average molecular weight is 275 g/mol. The second kappa shape index (κ2) is 7.40. The number of aromatic nitrogens is 2. The summed E-state index contributed by atoms with van der Waals surface area (Å²) in [5.74, 6) is 0.844. The lowest BCUT2D eigenvalue weighted by Crippen LogP contribution is -2.19. The van der Waals surface area contributed by atoms with Crippen LogP contribution in [0.3, 0.4) is 0 Å². The number of nitrogens with zero attached hydrogens (tertiary/aromatic N) is 2. The van der Waals surface area contributed by atoms with Crippen molar-refractivity contribution < 1.29 is 14.1 Å². The highest BCUT2D eigenvalue weighted by molar-refractivity contribution is 5.69. The minimum atomic E-state index is -0.212. The molecule has 1 aromatic carbocycles. The number of benzene rings is 1.